The Kier molecular flexibility index (Phi) is 5.11. The molecule has 0 unspecified atom stereocenters. The SMILES string of the molecule is Fc1ccc(CN2CCN(c3ccc(-c4cccc5cccnc45)cc3)CC2)nc1. The van der Waals surface area contributed by atoms with Crippen molar-refractivity contribution in [3.05, 3.63) is 90.6 Å². The molecule has 2 aromatic carbocycles. The highest BCUT2D eigenvalue weighted by Gasteiger charge is 2.18. The Hall–Kier alpha value is -3.31. The maximum Gasteiger partial charge on any atom is 0.141 e. The Balaban J connectivity index is 1.26. The fourth-order valence-electron chi connectivity index (χ4n) is 4.08. The van der Waals surface area contributed by atoms with Crippen LogP contribution in [0, 0.1) is 5.82 Å². The first kappa shape index (κ1) is 18.7. The fraction of sp³-hybridized carbons (Fsp3) is 0.200. The highest BCUT2D eigenvalue weighted by atomic mass is 19.1. The highest BCUT2D eigenvalue weighted by molar-refractivity contribution is 5.93. The van der Waals surface area contributed by atoms with Gasteiger partial charge in [-0.05, 0) is 35.9 Å². The number of para-hydroxylation sites is 1. The van der Waals surface area contributed by atoms with Crippen LogP contribution in [0.4, 0.5) is 10.1 Å². The molecule has 5 rings (SSSR count). The summed E-state index contributed by atoms with van der Waals surface area (Å²) in [5.74, 6) is -0.286. The van der Waals surface area contributed by atoms with Gasteiger partial charge < -0.3 is 4.90 Å². The summed E-state index contributed by atoms with van der Waals surface area (Å²) >= 11 is 0. The number of nitrogens with zero attached hydrogens (tertiary/aromatic N) is 4. The van der Waals surface area contributed by atoms with Crippen LogP contribution in [0.1, 0.15) is 5.69 Å². The molecular weight excluding hydrogens is 375 g/mol. The van der Waals surface area contributed by atoms with Crippen LogP contribution in [0.15, 0.2) is 79.1 Å². The second-order valence-electron chi connectivity index (χ2n) is 7.66. The van der Waals surface area contributed by atoms with E-state index in [0.717, 1.165) is 54.9 Å². The van der Waals surface area contributed by atoms with Gasteiger partial charge in [0.05, 0.1) is 17.4 Å². The number of piperazine rings is 1. The van der Waals surface area contributed by atoms with E-state index in [1.165, 1.54) is 23.5 Å². The van der Waals surface area contributed by atoms with Crippen LogP contribution < -0.4 is 4.90 Å². The summed E-state index contributed by atoms with van der Waals surface area (Å²) in [7, 11) is 0. The molecule has 1 fully saturated rings. The van der Waals surface area contributed by atoms with Gasteiger partial charge in [-0.25, -0.2) is 4.39 Å². The number of anilines is 1. The number of aromatic nitrogens is 2. The predicted molar refractivity (Wildman–Crippen MR) is 119 cm³/mol. The minimum Gasteiger partial charge on any atom is -0.369 e. The number of rotatable bonds is 4. The van der Waals surface area contributed by atoms with Crippen LogP contribution in [0.5, 0.6) is 0 Å². The van der Waals surface area contributed by atoms with Gasteiger partial charge in [0.25, 0.3) is 0 Å². The molecule has 0 aliphatic carbocycles. The second kappa shape index (κ2) is 8.20. The third kappa shape index (κ3) is 3.89. The van der Waals surface area contributed by atoms with E-state index in [1.54, 1.807) is 6.07 Å². The molecule has 1 aliphatic rings. The molecular formula is C25H23FN4. The van der Waals surface area contributed by atoms with Crippen LogP contribution in [0.25, 0.3) is 22.0 Å². The highest BCUT2D eigenvalue weighted by Crippen LogP contribution is 2.29. The normalized spacial score (nSPS) is 14.9. The standard InChI is InChI=1S/C25H23FN4/c26-21-8-9-22(28-17-21)18-29-13-15-30(16-14-29)23-10-6-19(7-11-23)24-5-1-3-20-4-2-12-27-25(20)24/h1-12,17H,13-16,18H2. The largest absolute Gasteiger partial charge is 0.369 e. The third-order valence-corrected chi connectivity index (χ3v) is 5.72. The van der Waals surface area contributed by atoms with Crippen LogP contribution in [0.2, 0.25) is 0 Å². The molecule has 0 bridgehead atoms. The molecule has 0 atom stereocenters. The van der Waals surface area contributed by atoms with Gasteiger partial charge in [-0.3, -0.25) is 14.9 Å². The maximum atomic E-state index is 13.0. The van der Waals surface area contributed by atoms with Crippen LogP contribution in [0.3, 0.4) is 0 Å². The summed E-state index contributed by atoms with van der Waals surface area (Å²) in [4.78, 5) is 13.5. The van der Waals surface area contributed by atoms with Gasteiger partial charge in [-0.15, -0.1) is 0 Å². The molecule has 5 heteroatoms. The van der Waals surface area contributed by atoms with E-state index in [4.69, 9.17) is 0 Å². The molecule has 4 aromatic rings. The van der Waals surface area contributed by atoms with Gasteiger partial charge in [0.15, 0.2) is 0 Å². The number of hydrogen-bond donors (Lipinski definition) is 0. The Morgan fingerprint density at radius 2 is 1.60 bits per heavy atom. The van der Waals surface area contributed by atoms with Crippen molar-refractivity contribution < 1.29 is 4.39 Å². The van der Waals surface area contributed by atoms with Gasteiger partial charge >= 0.3 is 0 Å². The third-order valence-electron chi connectivity index (χ3n) is 5.72. The molecule has 0 saturated carbocycles. The lowest BCUT2D eigenvalue weighted by molar-refractivity contribution is 0.247. The molecule has 3 heterocycles. The number of benzene rings is 2. The zero-order chi connectivity index (χ0) is 20.3. The molecule has 0 spiro atoms. The summed E-state index contributed by atoms with van der Waals surface area (Å²) in [6.07, 6.45) is 3.14. The lowest BCUT2D eigenvalue weighted by atomic mass is 10.0. The Labute approximate surface area is 175 Å². The monoisotopic (exact) mass is 398 g/mol. The summed E-state index contributed by atoms with van der Waals surface area (Å²) in [5.41, 5.74) is 5.54. The minimum atomic E-state index is -0.286. The van der Waals surface area contributed by atoms with Crippen molar-refractivity contribution >= 4 is 16.6 Å². The first-order valence-electron chi connectivity index (χ1n) is 10.3. The van der Waals surface area contributed by atoms with Crippen molar-refractivity contribution in [1.82, 2.24) is 14.9 Å². The molecule has 2 aromatic heterocycles. The van der Waals surface area contributed by atoms with Crippen molar-refractivity contribution in [2.75, 3.05) is 31.1 Å². The Bertz CT molecular complexity index is 1130. The van der Waals surface area contributed by atoms with E-state index in [-0.39, 0.29) is 5.82 Å². The van der Waals surface area contributed by atoms with Crippen molar-refractivity contribution in [2.24, 2.45) is 0 Å². The number of halogens is 1. The lowest BCUT2D eigenvalue weighted by Crippen LogP contribution is -2.46. The molecule has 1 aliphatic heterocycles. The molecule has 0 amide bonds. The zero-order valence-electron chi connectivity index (χ0n) is 16.7. The van der Waals surface area contributed by atoms with Gasteiger partial charge in [0.2, 0.25) is 0 Å². The quantitative estimate of drug-likeness (QED) is 0.496. The van der Waals surface area contributed by atoms with E-state index in [1.807, 2.05) is 12.3 Å². The van der Waals surface area contributed by atoms with Crippen LogP contribution in [-0.4, -0.2) is 41.0 Å². The molecule has 4 nitrogen and oxygen atoms in total. The smallest absolute Gasteiger partial charge is 0.141 e. The summed E-state index contributed by atoms with van der Waals surface area (Å²) in [6, 6.07) is 22.4. The average Bonchev–Trinajstić information content (AvgIpc) is 2.81. The topological polar surface area (TPSA) is 32.3 Å². The van der Waals surface area contributed by atoms with E-state index in [0.29, 0.717) is 0 Å². The van der Waals surface area contributed by atoms with Crippen molar-refractivity contribution in [2.45, 2.75) is 6.54 Å². The maximum absolute atomic E-state index is 13.0. The molecule has 150 valence electrons. The van der Waals surface area contributed by atoms with E-state index in [9.17, 15) is 4.39 Å². The van der Waals surface area contributed by atoms with Crippen molar-refractivity contribution in [3.8, 4) is 11.1 Å². The van der Waals surface area contributed by atoms with Gasteiger partial charge in [-0.2, -0.15) is 0 Å². The van der Waals surface area contributed by atoms with Gasteiger partial charge in [-0.1, -0.05) is 36.4 Å². The number of pyridine rings is 2. The fourth-order valence-corrected chi connectivity index (χ4v) is 4.08. The molecule has 1 saturated heterocycles. The number of hydrogen-bond acceptors (Lipinski definition) is 4. The predicted octanol–water partition coefficient (Wildman–Crippen LogP) is 4.76. The average molecular weight is 398 g/mol. The summed E-state index contributed by atoms with van der Waals surface area (Å²) < 4.78 is 13.0. The Morgan fingerprint density at radius 3 is 2.37 bits per heavy atom. The van der Waals surface area contributed by atoms with Gasteiger partial charge in [0.1, 0.15) is 5.82 Å². The Morgan fingerprint density at radius 1 is 0.800 bits per heavy atom. The van der Waals surface area contributed by atoms with E-state index < -0.39 is 0 Å². The first-order chi connectivity index (χ1) is 14.8. The van der Waals surface area contributed by atoms with Crippen LogP contribution >= 0.6 is 0 Å². The van der Waals surface area contributed by atoms with E-state index >= 15 is 0 Å². The molecule has 30 heavy (non-hydrogen) atoms. The van der Waals surface area contributed by atoms with Gasteiger partial charge in [0, 0.05) is 55.6 Å². The van der Waals surface area contributed by atoms with Crippen molar-refractivity contribution in [1.29, 1.82) is 0 Å². The van der Waals surface area contributed by atoms with Crippen molar-refractivity contribution in [3.63, 3.8) is 0 Å². The number of fused-ring (bicyclic) bond motifs is 1. The molecule has 0 N–H and O–H groups in total. The second-order valence-corrected chi connectivity index (χ2v) is 7.66. The zero-order valence-corrected chi connectivity index (χ0v) is 16.7. The van der Waals surface area contributed by atoms with E-state index in [2.05, 4.69) is 68.3 Å². The first-order valence-corrected chi connectivity index (χ1v) is 10.3. The summed E-state index contributed by atoms with van der Waals surface area (Å²) in [6.45, 7) is 4.63. The minimum absolute atomic E-state index is 0.286. The lowest BCUT2D eigenvalue weighted by Gasteiger charge is -2.36. The summed E-state index contributed by atoms with van der Waals surface area (Å²) in [5, 5.41) is 1.16. The van der Waals surface area contributed by atoms with Crippen LogP contribution in [-0.2, 0) is 6.54 Å². The molecule has 0 radical (unpaired) electrons.